The summed E-state index contributed by atoms with van der Waals surface area (Å²) in [6.07, 6.45) is 0.722. The molecule has 0 radical (unpaired) electrons. The molecule has 2 saturated heterocycles. The zero-order valence-electron chi connectivity index (χ0n) is 14.6. The molecule has 1 aromatic rings. The number of rotatable bonds is 3. The largest absolute Gasteiger partial charge is 0.338 e. The van der Waals surface area contributed by atoms with E-state index >= 15 is 0 Å². The van der Waals surface area contributed by atoms with Gasteiger partial charge in [-0.05, 0) is 6.42 Å². The van der Waals surface area contributed by atoms with Crippen LogP contribution in [0.5, 0.6) is 0 Å². The molecule has 1 amide bonds. The first-order valence-electron chi connectivity index (χ1n) is 9.01. The molecular formula is C18H23N3O3S2. The van der Waals surface area contributed by atoms with E-state index in [-0.39, 0.29) is 23.7 Å². The van der Waals surface area contributed by atoms with Gasteiger partial charge in [-0.3, -0.25) is 14.7 Å². The molecule has 1 aromatic carbocycles. The van der Waals surface area contributed by atoms with E-state index in [1.807, 2.05) is 35.2 Å². The third kappa shape index (κ3) is 3.82. The highest BCUT2D eigenvalue weighted by atomic mass is 32.2. The molecule has 6 nitrogen and oxygen atoms in total. The smallest absolute Gasteiger partial charge is 0.248 e. The normalized spacial score (nSPS) is 28.9. The zero-order chi connectivity index (χ0) is 18.1. The number of nitrogens with zero attached hydrogens (tertiary/aromatic N) is 3. The van der Waals surface area contributed by atoms with E-state index < -0.39 is 9.84 Å². The van der Waals surface area contributed by atoms with Crippen LogP contribution < -0.4 is 0 Å². The van der Waals surface area contributed by atoms with Crippen molar-refractivity contribution in [3.63, 3.8) is 0 Å². The van der Waals surface area contributed by atoms with Gasteiger partial charge in [0.25, 0.3) is 0 Å². The Labute approximate surface area is 158 Å². The summed E-state index contributed by atoms with van der Waals surface area (Å²) in [5.74, 6) is 1.37. The molecule has 0 bridgehead atoms. The van der Waals surface area contributed by atoms with Gasteiger partial charge in [-0.1, -0.05) is 30.3 Å². The average Bonchev–Trinajstić information content (AvgIpc) is 3.29. The summed E-state index contributed by atoms with van der Waals surface area (Å²) < 4.78 is 23.3. The Kier molecular flexibility index (Phi) is 5.07. The van der Waals surface area contributed by atoms with Crippen molar-refractivity contribution in [3.05, 3.63) is 35.9 Å². The topological polar surface area (TPSA) is 70.1 Å². The van der Waals surface area contributed by atoms with Crippen LogP contribution in [-0.2, 0) is 14.6 Å². The van der Waals surface area contributed by atoms with Crippen molar-refractivity contribution in [2.75, 3.05) is 43.4 Å². The lowest BCUT2D eigenvalue weighted by Crippen LogP contribution is -2.54. The third-order valence-electron chi connectivity index (χ3n) is 5.31. The average molecular weight is 394 g/mol. The highest BCUT2D eigenvalue weighted by Crippen LogP contribution is 2.25. The van der Waals surface area contributed by atoms with Gasteiger partial charge < -0.3 is 4.90 Å². The van der Waals surface area contributed by atoms with Crippen molar-refractivity contribution < 1.29 is 13.2 Å². The lowest BCUT2D eigenvalue weighted by molar-refractivity contribution is -0.133. The van der Waals surface area contributed by atoms with Crippen molar-refractivity contribution >= 4 is 32.6 Å². The van der Waals surface area contributed by atoms with Crippen molar-refractivity contribution in [1.82, 2.24) is 9.80 Å². The van der Waals surface area contributed by atoms with Crippen molar-refractivity contribution in [1.29, 1.82) is 0 Å². The Morgan fingerprint density at radius 1 is 1.12 bits per heavy atom. The van der Waals surface area contributed by atoms with Gasteiger partial charge in [0, 0.05) is 43.5 Å². The molecule has 1 unspecified atom stereocenters. The van der Waals surface area contributed by atoms with Crippen molar-refractivity contribution in [2.45, 2.75) is 18.5 Å². The van der Waals surface area contributed by atoms with Crippen LogP contribution in [0.2, 0.25) is 0 Å². The molecule has 0 aliphatic carbocycles. The Morgan fingerprint density at radius 3 is 2.50 bits per heavy atom. The zero-order valence-corrected chi connectivity index (χ0v) is 16.2. The molecule has 140 valence electrons. The van der Waals surface area contributed by atoms with Crippen molar-refractivity contribution in [3.8, 4) is 0 Å². The molecule has 2 atom stereocenters. The van der Waals surface area contributed by atoms with E-state index in [1.54, 1.807) is 11.8 Å². The minimum atomic E-state index is -2.86. The maximum atomic E-state index is 12.8. The molecule has 26 heavy (non-hydrogen) atoms. The minimum absolute atomic E-state index is 0.0992. The lowest BCUT2D eigenvalue weighted by Gasteiger charge is -2.38. The molecule has 2 fully saturated rings. The molecule has 4 rings (SSSR count). The summed E-state index contributed by atoms with van der Waals surface area (Å²) in [6.45, 7) is 2.82. The summed E-state index contributed by atoms with van der Waals surface area (Å²) >= 11 is 1.64. The first-order chi connectivity index (χ1) is 12.5. The number of amides is 1. The third-order valence-corrected chi connectivity index (χ3v) is 8.15. The van der Waals surface area contributed by atoms with E-state index in [1.165, 1.54) is 0 Å². The van der Waals surface area contributed by atoms with Crippen LogP contribution in [0.25, 0.3) is 0 Å². The minimum Gasteiger partial charge on any atom is -0.338 e. The number of hydrogen-bond donors (Lipinski definition) is 0. The van der Waals surface area contributed by atoms with Gasteiger partial charge in [0.1, 0.15) is 6.04 Å². The van der Waals surface area contributed by atoms with Crippen LogP contribution in [0, 0.1) is 0 Å². The molecule has 3 aliphatic heterocycles. The Morgan fingerprint density at radius 2 is 1.85 bits per heavy atom. The highest BCUT2D eigenvalue weighted by molar-refractivity contribution is 8.14. The number of carbonyl (C=O) groups excluding carboxylic acids is 1. The molecule has 0 N–H and O–H groups in total. The summed E-state index contributed by atoms with van der Waals surface area (Å²) in [5, 5.41) is 0.943. The maximum absolute atomic E-state index is 12.8. The SMILES string of the molecule is O=C([C@@H]1CSC(c2ccccc2)=N1)N1CCN(C2CCS(=O)(=O)C2)CC1. The van der Waals surface area contributed by atoms with E-state index in [2.05, 4.69) is 9.89 Å². The molecule has 3 aliphatic rings. The highest BCUT2D eigenvalue weighted by Gasteiger charge is 2.36. The van der Waals surface area contributed by atoms with Crippen LogP contribution >= 0.6 is 11.8 Å². The fourth-order valence-electron chi connectivity index (χ4n) is 3.82. The van der Waals surface area contributed by atoms with Gasteiger partial charge in [-0.2, -0.15) is 0 Å². The molecular weight excluding hydrogens is 370 g/mol. The fraction of sp³-hybridized carbons (Fsp3) is 0.556. The quantitative estimate of drug-likeness (QED) is 0.763. The van der Waals surface area contributed by atoms with Gasteiger partial charge in [-0.15, -0.1) is 11.8 Å². The predicted octanol–water partition coefficient (Wildman–Crippen LogP) is 0.880. The molecule has 3 heterocycles. The second kappa shape index (κ2) is 7.32. The van der Waals surface area contributed by atoms with Gasteiger partial charge in [-0.25, -0.2) is 8.42 Å². The summed E-state index contributed by atoms with van der Waals surface area (Å²) in [7, 11) is -2.86. The van der Waals surface area contributed by atoms with E-state index in [4.69, 9.17) is 0 Å². The summed E-state index contributed by atoms with van der Waals surface area (Å²) in [5.41, 5.74) is 1.07. The van der Waals surface area contributed by atoms with Gasteiger partial charge >= 0.3 is 0 Å². The van der Waals surface area contributed by atoms with Crippen LogP contribution in [0.1, 0.15) is 12.0 Å². The molecule has 0 aromatic heterocycles. The molecule has 0 saturated carbocycles. The first kappa shape index (κ1) is 18.0. The number of thioether (sulfide) groups is 1. The lowest BCUT2D eigenvalue weighted by atomic mass is 10.1. The monoisotopic (exact) mass is 393 g/mol. The van der Waals surface area contributed by atoms with Crippen LogP contribution in [0.15, 0.2) is 35.3 Å². The van der Waals surface area contributed by atoms with Crippen LogP contribution in [0.4, 0.5) is 0 Å². The maximum Gasteiger partial charge on any atom is 0.248 e. The Hall–Kier alpha value is -1.38. The van der Waals surface area contributed by atoms with E-state index in [0.717, 1.165) is 30.1 Å². The standard InChI is InChI=1S/C18H23N3O3S2/c22-18(16-12-25-17(19-16)14-4-2-1-3-5-14)21-9-7-20(8-10-21)15-6-11-26(23,24)13-15/h1-5,15-16H,6-13H2/t15?,16-/m0/s1. The van der Waals surface area contributed by atoms with E-state index in [9.17, 15) is 13.2 Å². The van der Waals surface area contributed by atoms with Gasteiger partial charge in [0.05, 0.1) is 16.5 Å². The fourth-order valence-corrected chi connectivity index (χ4v) is 6.62. The number of benzene rings is 1. The first-order valence-corrected chi connectivity index (χ1v) is 11.8. The molecule has 8 heteroatoms. The number of sulfone groups is 1. The second-order valence-corrected chi connectivity index (χ2v) is 10.3. The predicted molar refractivity (Wildman–Crippen MR) is 104 cm³/mol. The number of piperazine rings is 1. The van der Waals surface area contributed by atoms with Gasteiger partial charge in [0.15, 0.2) is 9.84 Å². The van der Waals surface area contributed by atoms with Gasteiger partial charge in [0.2, 0.25) is 5.91 Å². The number of hydrogen-bond acceptors (Lipinski definition) is 6. The number of aliphatic imine (C=N–C) groups is 1. The van der Waals surface area contributed by atoms with Crippen LogP contribution in [-0.4, -0.2) is 84.7 Å². The Balaban J connectivity index is 1.34. The van der Waals surface area contributed by atoms with Crippen molar-refractivity contribution in [2.24, 2.45) is 4.99 Å². The number of carbonyl (C=O) groups is 1. The Bertz CT molecular complexity index is 802. The second-order valence-electron chi connectivity index (χ2n) is 7.05. The van der Waals surface area contributed by atoms with Crippen LogP contribution in [0.3, 0.4) is 0 Å². The molecule has 0 spiro atoms. The van der Waals surface area contributed by atoms with E-state index in [0.29, 0.717) is 24.6 Å². The summed E-state index contributed by atoms with van der Waals surface area (Å²) in [6, 6.07) is 9.81. The summed E-state index contributed by atoms with van der Waals surface area (Å²) in [4.78, 5) is 21.6.